The molecule has 0 saturated carbocycles. The van der Waals surface area contributed by atoms with Crippen molar-refractivity contribution in [2.75, 3.05) is 50.2 Å². The molecule has 5 nitrogen and oxygen atoms in total. The predicted molar refractivity (Wildman–Crippen MR) is 126 cm³/mol. The average molecular weight is 425 g/mol. The van der Waals surface area contributed by atoms with E-state index in [1.54, 1.807) is 14.2 Å². The number of hydrogen-bond donors (Lipinski definition) is 1. The van der Waals surface area contributed by atoms with Gasteiger partial charge in [-0.15, -0.1) is 0 Å². The monoisotopic (exact) mass is 424 g/mol. The second kappa shape index (κ2) is 9.39. The lowest BCUT2D eigenvalue weighted by atomic mass is 9.70. The molecule has 31 heavy (non-hydrogen) atoms. The lowest BCUT2D eigenvalue weighted by Crippen LogP contribution is -2.51. The molecule has 0 radical (unpaired) electrons. The molecular weight excluding hydrogens is 388 g/mol. The highest BCUT2D eigenvalue weighted by Gasteiger charge is 2.42. The van der Waals surface area contributed by atoms with E-state index in [2.05, 4.69) is 41.0 Å². The third-order valence-corrected chi connectivity index (χ3v) is 7.48. The number of benzene rings is 2. The Labute approximate surface area is 186 Å². The Morgan fingerprint density at radius 1 is 0.742 bits per heavy atom. The summed E-state index contributed by atoms with van der Waals surface area (Å²) in [6.45, 7) is 6.02. The summed E-state index contributed by atoms with van der Waals surface area (Å²) in [6, 6.07) is 16.6. The molecule has 0 unspecified atom stereocenters. The summed E-state index contributed by atoms with van der Waals surface area (Å²) in [6.07, 6.45) is 4.11. The molecule has 0 amide bonds. The van der Waals surface area contributed by atoms with Crippen LogP contribution in [0.1, 0.15) is 32.6 Å². The Morgan fingerprint density at radius 3 is 1.48 bits per heavy atom. The van der Waals surface area contributed by atoms with Gasteiger partial charge in [-0.3, -0.25) is 0 Å². The van der Waals surface area contributed by atoms with Gasteiger partial charge in [0.1, 0.15) is 11.5 Å². The van der Waals surface area contributed by atoms with Crippen LogP contribution in [0.25, 0.3) is 0 Å². The molecule has 5 heteroatoms. The Bertz CT molecular complexity index is 784. The number of aliphatic hydroxyl groups is 1. The molecule has 2 aliphatic rings. The summed E-state index contributed by atoms with van der Waals surface area (Å²) in [5.74, 6) is 2.49. The van der Waals surface area contributed by atoms with Crippen LogP contribution < -0.4 is 19.3 Å². The average Bonchev–Trinajstić information content (AvgIpc) is 2.84. The molecule has 2 aromatic carbocycles. The van der Waals surface area contributed by atoms with Crippen molar-refractivity contribution in [3.05, 3.63) is 48.5 Å². The Morgan fingerprint density at radius 2 is 1.13 bits per heavy atom. The first-order valence-corrected chi connectivity index (χ1v) is 11.5. The van der Waals surface area contributed by atoms with Crippen LogP contribution in [0, 0.1) is 11.8 Å². The summed E-state index contributed by atoms with van der Waals surface area (Å²) in [7, 11) is 3.42. The SMILES string of the molecule is COc1cccc(N2CCC(C(C)(O)C3CCN(c4cccc(OC)c4)CC3)CC2)c1. The highest BCUT2D eigenvalue weighted by atomic mass is 16.5. The standard InChI is InChI=1S/C26H36N2O3/c1-26(29,20-10-14-27(15-11-20)22-6-4-8-24(18-22)30-2)21-12-16-28(17-13-21)23-7-5-9-25(19-23)31-3/h4-9,18-21,29H,10-17H2,1-3H3. The largest absolute Gasteiger partial charge is 0.497 e. The molecule has 0 aromatic heterocycles. The van der Waals surface area contributed by atoms with Crippen LogP contribution in [0.2, 0.25) is 0 Å². The van der Waals surface area contributed by atoms with Gasteiger partial charge < -0.3 is 24.4 Å². The van der Waals surface area contributed by atoms with Gasteiger partial charge in [0, 0.05) is 49.7 Å². The molecule has 1 N–H and O–H groups in total. The quantitative estimate of drug-likeness (QED) is 0.735. The summed E-state index contributed by atoms with van der Waals surface area (Å²) < 4.78 is 10.8. The molecule has 0 aliphatic carbocycles. The van der Waals surface area contributed by atoms with E-state index in [1.807, 2.05) is 24.3 Å². The fourth-order valence-electron chi connectivity index (χ4n) is 5.39. The van der Waals surface area contributed by atoms with Crippen LogP contribution in [0.4, 0.5) is 11.4 Å². The Kier molecular flexibility index (Phi) is 6.61. The van der Waals surface area contributed by atoms with Crippen molar-refractivity contribution in [2.45, 2.75) is 38.2 Å². The lowest BCUT2D eigenvalue weighted by molar-refractivity contribution is -0.0690. The smallest absolute Gasteiger partial charge is 0.120 e. The van der Waals surface area contributed by atoms with Crippen molar-refractivity contribution in [3.63, 3.8) is 0 Å². The summed E-state index contributed by atoms with van der Waals surface area (Å²) in [5, 5.41) is 11.6. The van der Waals surface area contributed by atoms with E-state index >= 15 is 0 Å². The third kappa shape index (κ3) is 4.77. The zero-order valence-electron chi connectivity index (χ0n) is 19.1. The van der Waals surface area contributed by atoms with Crippen molar-refractivity contribution in [3.8, 4) is 11.5 Å². The highest BCUT2D eigenvalue weighted by molar-refractivity contribution is 5.52. The summed E-state index contributed by atoms with van der Waals surface area (Å²) in [4.78, 5) is 4.83. The normalized spacial score (nSPS) is 18.8. The molecular formula is C26H36N2O3. The van der Waals surface area contributed by atoms with Gasteiger partial charge >= 0.3 is 0 Å². The van der Waals surface area contributed by atoms with Gasteiger partial charge in [-0.05, 0) is 68.7 Å². The first-order chi connectivity index (χ1) is 15.0. The predicted octanol–water partition coefficient (Wildman–Crippen LogP) is 4.59. The minimum atomic E-state index is -0.610. The molecule has 0 bridgehead atoms. The summed E-state index contributed by atoms with van der Waals surface area (Å²) in [5.41, 5.74) is 1.81. The number of anilines is 2. The van der Waals surface area contributed by atoms with E-state index in [9.17, 15) is 5.11 Å². The van der Waals surface area contributed by atoms with Crippen LogP contribution in [-0.4, -0.2) is 51.1 Å². The zero-order chi connectivity index (χ0) is 21.8. The van der Waals surface area contributed by atoms with Gasteiger partial charge in [0.2, 0.25) is 0 Å². The van der Waals surface area contributed by atoms with Gasteiger partial charge in [-0.2, -0.15) is 0 Å². The maximum atomic E-state index is 11.6. The topological polar surface area (TPSA) is 45.2 Å². The maximum absolute atomic E-state index is 11.6. The minimum Gasteiger partial charge on any atom is -0.497 e. The second-order valence-corrected chi connectivity index (χ2v) is 9.15. The number of nitrogens with zero attached hydrogens (tertiary/aromatic N) is 2. The number of ether oxygens (including phenoxy) is 2. The molecule has 0 atom stereocenters. The maximum Gasteiger partial charge on any atom is 0.120 e. The fraction of sp³-hybridized carbons (Fsp3) is 0.538. The van der Waals surface area contributed by atoms with E-state index in [1.165, 1.54) is 11.4 Å². The van der Waals surface area contributed by atoms with Gasteiger partial charge in [0.05, 0.1) is 19.8 Å². The van der Waals surface area contributed by atoms with Crippen LogP contribution in [0.3, 0.4) is 0 Å². The van der Waals surface area contributed by atoms with E-state index in [4.69, 9.17) is 9.47 Å². The van der Waals surface area contributed by atoms with E-state index < -0.39 is 5.60 Å². The number of piperidine rings is 2. The first-order valence-electron chi connectivity index (χ1n) is 11.5. The lowest BCUT2D eigenvalue weighted by Gasteiger charge is -2.47. The minimum absolute atomic E-state index is 0.350. The molecule has 2 saturated heterocycles. The first kappa shape index (κ1) is 21.8. The van der Waals surface area contributed by atoms with Gasteiger partial charge in [-0.25, -0.2) is 0 Å². The zero-order valence-corrected chi connectivity index (χ0v) is 19.1. The molecule has 168 valence electrons. The molecule has 2 heterocycles. The van der Waals surface area contributed by atoms with Crippen LogP contribution >= 0.6 is 0 Å². The number of methoxy groups -OCH3 is 2. The van der Waals surface area contributed by atoms with Crippen LogP contribution in [-0.2, 0) is 0 Å². The third-order valence-electron chi connectivity index (χ3n) is 7.48. The fourth-order valence-corrected chi connectivity index (χ4v) is 5.39. The van der Waals surface area contributed by atoms with Crippen molar-refractivity contribution >= 4 is 11.4 Å². The van der Waals surface area contributed by atoms with Gasteiger partial charge in [0.25, 0.3) is 0 Å². The molecule has 2 fully saturated rings. The van der Waals surface area contributed by atoms with E-state index in [0.29, 0.717) is 11.8 Å². The molecule has 2 aromatic rings. The van der Waals surface area contributed by atoms with E-state index in [-0.39, 0.29) is 0 Å². The Balaban J connectivity index is 1.33. The summed E-state index contributed by atoms with van der Waals surface area (Å²) >= 11 is 0. The second-order valence-electron chi connectivity index (χ2n) is 9.15. The van der Waals surface area contributed by atoms with Crippen LogP contribution in [0.5, 0.6) is 11.5 Å². The van der Waals surface area contributed by atoms with Gasteiger partial charge in [0.15, 0.2) is 0 Å². The number of hydrogen-bond acceptors (Lipinski definition) is 5. The highest BCUT2D eigenvalue weighted by Crippen LogP contribution is 2.40. The molecule has 4 rings (SSSR count). The van der Waals surface area contributed by atoms with Crippen molar-refractivity contribution in [2.24, 2.45) is 11.8 Å². The van der Waals surface area contributed by atoms with Crippen molar-refractivity contribution in [1.82, 2.24) is 0 Å². The van der Waals surface area contributed by atoms with E-state index in [0.717, 1.165) is 63.4 Å². The molecule has 2 aliphatic heterocycles. The van der Waals surface area contributed by atoms with Gasteiger partial charge in [-0.1, -0.05) is 12.1 Å². The van der Waals surface area contributed by atoms with Crippen molar-refractivity contribution < 1.29 is 14.6 Å². The van der Waals surface area contributed by atoms with Crippen molar-refractivity contribution in [1.29, 1.82) is 0 Å². The van der Waals surface area contributed by atoms with Crippen LogP contribution in [0.15, 0.2) is 48.5 Å². The Hall–Kier alpha value is -2.40. The number of rotatable bonds is 6. The molecule has 0 spiro atoms.